The Morgan fingerprint density at radius 3 is 2.76 bits per heavy atom. The van der Waals surface area contributed by atoms with E-state index in [4.69, 9.17) is 5.73 Å². The first-order valence-electron chi connectivity index (χ1n) is 7.46. The Bertz CT molecular complexity index is 535. The molecule has 0 aliphatic carbocycles. The molecular weight excluding hydrogens is 290 g/mol. The maximum atomic E-state index is 12.2. The molecule has 0 bridgehead atoms. The second-order valence-electron chi connectivity index (χ2n) is 5.60. The van der Waals surface area contributed by atoms with Crippen molar-refractivity contribution < 1.29 is 8.42 Å². The van der Waals surface area contributed by atoms with Gasteiger partial charge in [-0.25, -0.2) is 4.72 Å². The number of aromatic nitrogens is 2. The van der Waals surface area contributed by atoms with Crippen LogP contribution in [0.1, 0.15) is 30.5 Å². The molecule has 2 rings (SSSR count). The highest BCUT2D eigenvalue weighted by Gasteiger charge is 2.26. The fourth-order valence-corrected chi connectivity index (χ4v) is 3.86. The zero-order valence-corrected chi connectivity index (χ0v) is 13.3. The van der Waals surface area contributed by atoms with Gasteiger partial charge in [-0.1, -0.05) is 0 Å². The van der Waals surface area contributed by atoms with E-state index >= 15 is 0 Å². The summed E-state index contributed by atoms with van der Waals surface area (Å²) in [4.78, 5) is 0. The van der Waals surface area contributed by atoms with E-state index in [2.05, 4.69) is 14.9 Å². The molecule has 1 aliphatic heterocycles. The summed E-state index contributed by atoms with van der Waals surface area (Å²) in [6.45, 7) is 4.19. The third-order valence-electron chi connectivity index (χ3n) is 4.09. The molecule has 1 aliphatic rings. The molecule has 8 heteroatoms. The second-order valence-corrected chi connectivity index (χ2v) is 7.36. The zero-order chi connectivity index (χ0) is 15.3. The Balaban J connectivity index is 1.73. The molecule has 120 valence electrons. The van der Waals surface area contributed by atoms with Gasteiger partial charge in [0.15, 0.2) is 0 Å². The molecule has 0 aromatic carbocycles. The second kappa shape index (κ2) is 7.35. The Morgan fingerprint density at radius 2 is 2.19 bits per heavy atom. The van der Waals surface area contributed by atoms with Gasteiger partial charge in [0, 0.05) is 25.3 Å². The molecule has 1 saturated heterocycles. The monoisotopic (exact) mass is 315 g/mol. The van der Waals surface area contributed by atoms with Gasteiger partial charge in [-0.05, 0) is 50.6 Å². The average Bonchev–Trinajstić information content (AvgIpc) is 2.89. The predicted octanol–water partition coefficient (Wildman–Crippen LogP) is 0.156. The summed E-state index contributed by atoms with van der Waals surface area (Å²) < 4.78 is 28.6. The van der Waals surface area contributed by atoms with Crippen LogP contribution in [0, 0.1) is 12.8 Å². The van der Waals surface area contributed by atoms with Crippen molar-refractivity contribution in [1.82, 2.24) is 19.2 Å². The number of hydrogen-bond donors (Lipinski definition) is 3. The van der Waals surface area contributed by atoms with Gasteiger partial charge in [0.1, 0.15) is 0 Å². The van der Waals surface area contributed by atoms with Gasteiger partial charge in [-0.3, -0.25) is 5.10 Å². The van der Waals surface area contributed by atoms with E-state index in [9.17, 15) is 8.42 Å². The summed E-state index contributed by atoms with van der Waals surface area (Å²) in [5.74, 6) is 0.459. The zero-order valence-electron chi connectivity index (χ0n) is 12.5. The lowest BCUT2D eigenvalue weighted by Crippen LogP contribution is -2.46. The number of aryl methyl sites for hydroxylation is 2. The van der Waals surface area contributed by atoms with E-state index in [-0.39, 0.29) is 0 Å². The van der Waals surface area contributed by atoms with Crippen molar-refractivity contribution in [3.63, 3.8) is 0 Å². The topological polar surface area (TPSA) is 104 Å². The largest absolute Gasteiger partial charge is 0.330 e. The van der Waals surface area contributed by atoms with Crippen LogP contribution in [0.25, 0.3) is 0 Å². The Kier molecular flexibility index (Phi) is 5.74. The molecule has 0 atom stereocenters. The van der Waals surface area contributed by atoms with Crippen molar-refractivity contribution in [2.45, 2.75) is 32.6 Å². The maximum absolute atomic E-state index is 12.2. The van der Waals surface area contributed by atoms with Crippen molar-refractivity contribution in [2.24, 2.45) is 11.7 Å². The third kappa shape index (κ3) is 4.50. The van der Waals surface area contributed by atoms with Gasteiger partial charge in [-0.2, -0.15) is 17.8 Å². The molecular formula is C13H25N5O2S. The lowest BCUT2D eigenvalue weighted by atomic mass is 9.99. The Hall–Kier alpha value is -0.960. The molecule has 1 aromatic rings. The minimum atomic E-state index is -3.35. The predicted molar refractivity (Wildman–Crippen MR) is 81.9 cm³/mol. The lowest BCUT2D eigenvalue weighted by Gasteiger charge is -2.30. The van der Waals surface area contributed by atoms with Crippen molar-refractivity contribution in [1.29, 1.82) is 0 Å². The fourth-order valence-electron chi connectivity index (χ4n) is 2.58. The van der Waals surface area contributed by atoms with Gasteiger partial charge in [0.05, 0.1) is 6.20 Å². The van der Waals surface area contributed by atoms with E-state index in [1.807, 2.05) is 6.92 Å². The highest BCUT2D eigenvalue weighted by Crippen LogP contribution is 2.17. The number of hydrogen-bond acceptors (Lipinski definition) is 4. The van der Waals surface area contributed by atoms with Crippen LogP contribution in [-0.4, -0.2) is 49.1 Å². The van der Waals surface area contributed by atoms with E-state index in [0.717, 1.165) is 36.9 Å². The van der Waals surface area contributed by atoms with Crippen LogP contribution < -0.4 is 10.5 Å². The normalized spacial score (nSPS) is 18.2. The van der Waals surface area contributed by atoms with Crippen LogP contribution in [-0.2, 0) is 16.6 Å². The molecule has 21 heavy (non-hydrogen) atoms. The van der Waals surface area contributed by atoms with E-state index in [0.29, 0.717) is 32.1 Å². The summed E-state index contributed by atoms with van der Waals surface area (Å²) in [6.07, 6.45) is 5.08. The first-order chi connectivity index (χ1) is 10.0. The van der Waals surface area contributed by atoms with Crippen LogP contribution in [0.2, 0.25) is 0 Å². The minimum absolute atomic E-state index is 0.448. The van der Waals surface area contributed by atoms with Crippen LogP contribution >= 0.6 is 0 Å². The van der Waals surface area contributed by atoms with Gasteiger partial charge in [0.2, 0.25) is 0 Å². The number of H-pyrrole nitrogens is 1. The molecule has 0 unspecified atom stereocenters. The Labute approximate surface area is 126 Å². The van der Waals surface area contributed by atoms with E-state index in [1.165, 1.54) is 4.31 Å². The maximum Gasteiger partial charge on any atom is 0.279 e. The molecule has 0 amide bonds. The quantitative estimate of drug-likeness (QED) is 0.623. The summed E-state index contributed by atoms with van der Waals surface area (Å²) in [5, 5.41) is 6.84. The molecule has 1 fully saturated rings. The number of nitrogens with one attached hydrogen (secondary N) is 2. The van der Waals surface area contributed by atoms with Crippen LogP contribution in [0.3, 0.4) is 0 Å². The first-order valence-corrected chi connectivity index (χ1v) is 8.90. The molecule has 0 saturated carbocycles. The van der Waals surface area contributed by atoms with Crippen molar-refractivity contribution in [2.75, 3.05) is 26.2 Å². The van der Waals surface area contributed by atoms with Crippen LogP contribution in [0.15, 0.2) is 6.20 Å². The molecule has 2 heterocycles. The molecule has 0 radical (unpaired) electrons. The van der Waals surface area contributed by atoms with E-state index < -0.39 is 10.2 Å². The molecule has 7 nitrogen and oxygen atoms in total. The fraction of sp³-hybridized carbons (Fsp3) is 0.769. The van der Waals surface area contributed by atoms with Crippen molar-refractivity contribution >= 4 is 10.2 Å². The first kappa shape index (κ1) is 16.4. The van der Waals surface area contributed by atoms with Gasteiger partial charge in [-0.15, -0.1) is 0 Å². The summed E-state index contributed by atoms with van der Waals surface area (Å²) in [7, 11) is -3.35. The molecule has 1 aromatic heterocycles. The SMILES string of the molecule is Cc1[nH]ncc1CCCNS(=O)(=O)N1CCC(CN)CC1. The standard InChI is InChI=1S/C13H25N5O2S/c1-11-13(10-15-17-11)3-2-6-16-21(19,20)18-7-4-12(9-14)5-8-18/h10,12,16H,2-9,14H2,1H3,(H,15,17). The highest BCUT2D eigenvalue weighted by molar-refractivity contribution is 7.87. The van der Waals surface area contributed by atoms with Gasteiger partial charge >= 0.3 is 0 Å². The van der Waals surface area contributed by atoms with Gasteiger partial charge < -0.3 is 5.73 Å². The van der Waals surface area contributed by atoms with Crippen molar-refractivity contribution in [3.05, 3.63) is 17.5 Å². The lowest BCUT2D eigenvalue weighted by molar-refractivity contribution is 0.276. The summed E-state index contributed by atoms with van der Waals surface area (Å²) >= 11 is 0. The summed E-state index contributed by atoms with van der Waals surface area (Å²) in [5.41, 5.74) is 7.80. The number of rotatable bonds is 7. The number of nitrogens with zero attached hydrogens (tertiary/aromatic N) is 2. The Morgan fingerprint density at radius 1 is 1.48 bits per heavy atom. The highest BCUT2D eigenvalue weighted by atomic mass is 32.2. The van der Waals surface area contributed by atoms with Crippen molar-refractivity contribution in [3.8, 4) is 0 Å². The average molecular weight is 315 g/mol. The molecule has 4 N–H and O–H groups in total. The summed E-state index contributed by atoms with van der Waals surface area (Å²) in [6, 6.07) is 0. The van der Waals surface area contributed by atoms with Crippen LogP contribution in [0.5, 0.6) is 0 Å². The van der Waals surface area contributed by atoms with E-state index in [1.54, 1.807) is 6.20 Å². The smallest absolute Gasteiger partial charge is 0.279 e. The number of aromatic amines is 1. The third-order valence-corrected chi connectivity index (χ3v) is 5.70. The number of piperidine rings is 1. The minimum Gasteiger partial charge on any atom is -0.330 e. The number of nitrogens with two attached hydrogens (primary N) is 1. The van der Waals surface area contributed by atoms with Gasteiger partial charge in [0.25, 0.3) is 10.2 Å². The molecule has 0 spiro atoms. The van der Waals surface area contributed by atoms with Crippen LogP contribution in [0.4, 0.5) is 0 Å².